The van der Waals surface area contributed by atoms with Crippen molar-refractivity contribution in [1.82, 2.24) is 10.6 Å². The number of rotatable bonds is 7. The highest BCUT2D eigenvalue weighted by molar-refractivity contribution is 14.0. The second-order valence-electron chi connectivity index (χ2n) is 5.23. The zero-order chi connectivity index (χ0) is 18.1. The lowest BCUT2D eigenvalue weighted by molar-refractivity contribution is -0.153. The monoisotopic (exact) mass is 499 g/mol. The molecule has 0 aliphatic carbocycles. The van der Waals surface area contributed by atoms with Crippen molar-refractivity contribution in [3.05, 3.63) is 52.2 Å². The molecule has 1 aromatic heterocycles. The van der Waals surface area contributed by atoms with E-state index in [-0.39, 0.29) is 29.7 Å². The summed E-state index contributed by atoms with van der Waals surface area (Å²) in [5.41, 5.74) is 2.06. The first-order chi connectivity index (χ1) is 12.0. The number of thiophene rings is 1. The topological polar surface area (TPSA) is 45.7 Å². The molecule has 2 aromatic rings. The second-order valence-corrected chi connectivity index (χ2v) is 6.01. The Morgan fingerprint density at radius 3 is 2.42 bits per heavy atom. The van der Waals surface area contributed by atoms with E-state index in [1.807, 2.05) is 23.8 Å². The fourth-order valence-corrected chi connectivity index (χ4v) is 2.61. The summed E-state index contributed by atoms with van der Waals surface area (Å²) in [6.07, 6.45) is -4.33. The van der Waals surface area contributed by atoms with Gasteiger partial charge in [0.15, 0.2) is 12.6 Å². The first kappa shape index (κ1) is 22.6. The second kappa shape index (κ2) is 11.3. The molecule has 0 radical (unpaired) electrons. The van der Waals surface area contributed by atoms with Crippen molar-refractivity contribution in [1.29, 1.82) is 0 Å². The molecule has 2 rings (SSSR count). The molecule has 0 aliphatic heterocycles. The number of nitrogens with zero attached hydrogens (tertiary/aromatic N) is 1. The number of alkyl halides is 3. The summed E-state index contributed by atoms with van der Waals surface area (Å²) in [5.74, 6) is 0.880. The van der Waals surface area contributed by atoms with Crippen LogP contribution in [0.25, 0.3) is 0 Å². The van der Waals surface area contributed by atoms with Crippen LogP contribution in [0.2, 0.25) is 0 Å². The molecule has 0 saturated carbocycles. The van der Waals surface area contributed by atoms with Gasteiger partial charge in [-0.3, -0.25) is 0 Å². The van der Waals surface area contributed by atoms with Crippen LogP contribution in [0.3, 0.4) is 0 Å². The van der Waals surface area contributed by atoms with Gasteiger partial charge in [0.1, 0.15) is 5.75 Å². The number of hydrogen-bond acceptors (Lipinski definition) is 3. The van der Waals surface area contributed by atoms with Gasteiger partial charge < -0.3 is 15.4 Å². The Hall–Kier alpha value is -1.49. The van der Waals surface area contributed by atoms with Crippen LogP contribution < -0.4 is 15.4 Å². The molecule has 26 heavy (non-hydrogen) atoms. The zero-order valence-electron chi connectivity index (χ0n) is 14.2. The Morgan fingerprint density at radius 1 is 1.12 bits per heavy atom. The fraction of sp³-hybridized carbons (Fsp3) is 0.353. The van der Waals surface area contributed by atoms with Crippen LogP contribution in [0.5, 0.6) is 5.75 Å². The quantitative estimate of drug-likeness (QED) is 0.334. The molecule has 9 heteroatoms. The Bertz CT molecular complexity index is 661. The van der Waals surface area contributed by atoms with Gasteiger partial charge in [-0.2, -0.15) is 24.5 Å². The Kier molecular flexibility index (Phi) is 9.78. The highest BCUT2D eigenvalue weighted by Gasteiger charge is 2.28. The molecule has 0 bridgehead atoms. The minimum atomic E-state index is -4.33. The standard InChI is InChI=1S/C17H20F3N3OS.HI/c1-2-21-16(23-10-14-7-8-25-11-14)22-9-13-3-5-15(6-4-13)24-12-17(18,19)20;/h3-8,11H,2,9-10,12H2,1H3,(H2,21,22,23);1H. The lowest BCUT2D eigenvalue weighted by Crippen LogP contribution is -2.36. The van der Waals surface area contributed by atoms with Gasteiger partial charge in [-0.15, -0.1) is 24.0 Å². The van der Waals surface area contributed by atoms with Crippen molar-refractivity contribution >= 4 is 41.3 Å². The van der Waals surface area contributed by atoms with Crippen LogP contribution in [0, 0.1) is 0 Å². The maximum absolute atomic E-state index is 12.1. The maximum Gasteiger partial charge on any atom is 0.422 e. The fourth-order valence-electron chi connectivity index (χ4n) is 1.95. The molecule has 2 N–H and O–H groups in total. The van der Waals surface area contributed by atoms with Crippen LogP contribution in [0.4, 0.5) is 13.2 Å². The SMILES string of the molecule is CCNC(=NCc1ccsc1)NCc1ccc(OCC(F)(F)F)cc1.I. The highest BCUT2D eigenvalue weighted by atomic mass is 127. The van der Waals surface area contributed by atoms with Gasteiger partial charge in [0, 0.05) is 13.1 Å². The predicted octanol–water partition coefficient (Wildman–Crippen LogP) is 4.56. The Morgan fingerprint density at radius 2 is 1.85 bits per heavy atom. The van der Waals surface area contributed by atoms with E-state index in [4.69, 9.17) is 0 Å². The number of ether oxygens (including phenoxy) is 1. The molecule has 1 aromatic carbocycles. The van der Waals surface area contributed by atoms with E-state index in [1.54, 1.807) is 23.5 Å². The third-order valence-electron chi connectivity index (χ3n) is 3.13. The van der Waals surface area contributed by atoms with E-state index >= 15 is 0 Å². The van der Waals surface area contributed by atoms with E-state index in [0.717, 1.165) is 17.7 Å². The normalized spacial score (nSPS) is 11.6. The number of benzene rings is 1. The number of guanidine groups is 1. The molecule has 4 nitrogen and oxygen atoms in total. The molecule has 0 fully saturated rings. The van der Waals surface area contributed by atoms with E-state index in [1.165, 1.54) is 12.1 Å². The minimum Gasteiger partial charge on any atom is -0.484 e. The van der Waals surface area contributed by atoms with Crippen LogP contribution >= 0.6 is 35.3 Å². The van der Waals surface area contributed by atoms with Crippen LogP contribution in [0.15, 0.2) is 46.1 Å². The maximum atomic E-state index is 12.1. The van der Waals surface area contributed by atoms with Gasteiger partial charge in [0.05, 0.1) is 6.54 Å². The van der Waals surface area contributed by atoms with E-state index < -0.39 is 12.8 Å². The summed E-state index contributed by atoms with van der Waals surface area (Å²) in [5, 5.41) is 10.4. The highest BCUT2D eigenvalue weighted by Crippen LogP contribution is 2.18. The van der Waals surface area contributed by atoms with Gasteiger partial charge in [-0.1, -0.05) is 12.1 Å². The smallest absolute Gasteiger partial charge is 0.422 e. The van der Waals surface area contributed by atoms with Crippen LogP contribution in [0.1, 0.15) is 18.1 Å². The molecule has 0 aliphatic rings. The molecular formula is C17H21F3IN3OS. The number of nitrogens with one attached hydrogen (secondary N) is 2. The summed E-state index contributed by atoms with van der Waals surface area (Å²) < 4.78 is 41.1. The summed E-state index contributed by atoms with van der Waals surface area (Å²) in [7, 11) is 0. The molecular weight excluding hydrogens is 478 g/mol. The largest absolute Gasteiger partial charge is 0.484 e. The summed E-state index contributed by atoms with van der Waals surface area (Å²) in [4.78, 5) is 4.50. The number of aliphatic imine (C=N–C) groups is 1. The van der Waals surface area contributed by atoms with Gasteiger partial charge in [0.2, 0.25) is 0 Å². The lowest BCUT2D eigenvalue weighted by atomic mass is 10.2. The first-order valence-corrected chi connectivity index (χ1v) is 8.72. The van der Waals surface area contributed by atoms with E-state index in [2.05, 4.69) is 20.4 Å². The van der Waals surface area contributed by atoms with Gasteiger partial charge in [0.25, 0.3) is 0 Å². The van der Waals surface area contributed by atoms with Gasteiger partial charge >= 0.3 is 6.18 Å². The molecule has 144 valence electrons. The number of hydrogen-bond donors (Lipinski definition) is 2. The summed E-state index contributed by atoms with van der Waals surface area (Å²) in [6.45, 7) is 2.52. The van der Waals surface area contributed by atoms with Crippen LogP contribution in [-0.2, 0) is 13.1 Å². The Labute approximate surface area is 171 Å². The van der Waals surface area contributed by atoms with Crippen molar-refractivity contribution in [2.75, 3.05) is 13.2 Å². The van der Waals surface area contributed by atoms with Gasteiger partial charge in [-0.05, 0) is 47.0 Å². The first-order valence-electron chi connectivity index (χ1n) is 7.78. The van der Waals surface area contributed by atoms with Crippen LogP contribution in [-0.4, -0.2) is 25.3 Å². The third-order valence-corrected chi connectivity index (χ3v) is 3.86. The molecule has 0 spiro atoms. The average molecular weight is 499 g/mol. The number of halogens is 4. The minimum absolute atomic E-state index is 0. The van der Waals surface area contributed by atoms with Crippen molar-refractivity contribution in [3.63, 3.8) is 0 Å². The van der Waals surface area contributed by atoms with Crippen molar-refractivity contribution in [2.24, 2.45) is 4.99 Å². The lowest BCUT2D eigenvalue weighted by Gasteiger charge is -2.12. The predicted molar refractivity (Wildman–Crippen MR) is 109 cm³/mol. The average Bonchev–Trinajstić information content (AvgIpc) is 3.09. The Balaban J connectivity index is 0.00000338. The summed E-state index contributed by atoms with van der Waals surface area (Å²) >= 11 is 1.63. The molecule has 1 heterocycles. The third kappa shape index (κ3) is 8.75. The van der Waals surface area contributed by atoms with Crippen molar-refractivity contribution < 1.29 is 17.9 Å². The van der Waals surface area contributed by atoms with Crippen molar-refractivity contribution in [3.8, 4) is 5.75 Å². The van der Waals surface area contributed by atoms with Gasteiger partial charge in [-0.25, -0.2) is 4.99 Å². The van der Waals surface area contributed by atoms with Crippen molar-refractivity contribution in [2.45, 2.75) is 26.2 Å². The molecule has 0 unspecified atom stereocenters. The van der Waals surface area contributed by atoms with E-state index in [9.17, 15) is 13.2 Å². The molecule has 0 amide bonds. The molecule has 0 atom stereocenters. The molecule has 0 saturated heterocycles. The zero-order valence-corrected chi connectivity index (χ0v) is 17.3. The van der Waals surface area contributed by atoms with E-state index in [0.29, 0.717) is 19.0 Å². The summed E-state index contributed by atoms with van der Waals surface area (Å²) in [6, 6.07) is 8.52.